The Labute approximate surface area is 106 Å². The molecule has 0 radical (unpaired) electrons. The molecule has 1 fully saturated rings. The summed E-state index contributed by atoms with van der Waals surface area (Å²) in [6.45, 7) is 4.24. The van der Waals surface area contributed by atoms with Gasteiger partial charge >= 0.3 is 0 Å². The third-order valence-electron chi connectivity index (χ3n) is 3.39. The molecule has 0 N–H and O–H groups in total. The summed E-state index contributed by atoms with van der Waals surface area (Å²) >= 11 is 0. The van der Waals surface area contributed by atoms with Crippen molar-refractivity contribution in [1.29, 1.82) is 0 Å². The van der Waals surface area contributed by atoms with Crippen LogP contribution in [0.3, 0.4) is 0 Å². The van der Waals surface area contributed by atoms with Gasteiger partial charge in [0.1, 0.15) is 6.29 Å². The van der Waals surface area contributed by atoms with Crippen molar-refractivity contribution in [2.24, 2.45) is 5.92 Å². The van der Waals surface area contributed by atoms with E-state index in [4.69, 9.17) is 0 Å². The lowest BCUT2D eigenvalue weighted by atomic mass is 9.99. The van der Waals surface area contributed by atoms with Crippen molar-refractivity contribution >= 4 is 12.1 Å². The Bertz CT molecular complexity index is 462. The third kappa shape index (κ3) is 2.60. The van der Waals surface area contributed by atoms with Crippen LogP contribution in [0.25, 0.3) is 0 Å². The van der Waals surface area contributed by atoms with E-state index < -0.39 is 0 Å². The van der Waals surface area contributed by atoms with Crippen molar-refractivity contribution in [3.63, 3.8) is 0 Å². The van der Waals surface area contributed by atoms with Crippen molar-refractivity contribution in [3.05, 3.63) is 22.7 Å². The highest BCUT2D eigenvalue weighted by Crippen LogP contribution is 2.17. The standard InChI is InChI=1S/C13H19N3O2/c1-2-6-16-9-5-14-12(13(16)18)15-7-3-11(10-17)4-8-15/h5,9-11H,2-4,6-8H2,1H3. The highest BCUT2D eigenvalue weighted by Gasteiger charge is 2.21. The van der Waals surface area contributed by atoms with Crippen LogP contribution in [0.2, 0.25) is 0 Å². The fraction of sp³-hybridized carbons (Fsp3) is 0.615. The first kappa shape index (κ1) is 12.8. The van der Waals surface area contributed by atoms with Gasteiger partial charge in [-0.15, -0.1) is 0 Å². The van der Waals surface area contributed by atoms with Gasteiger partial charge in [0.15, 0.2) is 5.82 Å². The topological polar surface area (TPSA) is 55.2 Å². The van der Waals surface area contributed by atoms with Crippen molar-refractivity contribution in [2.75, 3.05) is 18.0 Å². The van der Waals surface area contributed by atoms with E-state index in [1.807, 2.05) is 11.8 Å². The molecular formula is C13H19N3O2. The van der Waals surface area contributed by atoms with Crippen LogP contribution in [0.4, 0.5) is 5.82 Å². The molecule has 0 spiro atoms. The van der Waals surface area contributed by atoms with Gasteiger partial charge in [-0.3, -0.25) is 4.79 Å². The van der Waals surface area contributed by atoms with E-state index in [1.165, 1.54) is 0 Å². The van der Waals surface area contributed by atoms with Gasteiger partial charge in [-0.05, 0) is 19.3 Å². The molecule has 2 rings (SSSR count). The Hall–Kier alpha value is -1.65. The average molecular weight is 249 g/mol. The fourth-order valence-electron chi connectivity index (χ4n) is 2.32. The van der Waals surface area contributed by atoms with Crippen LogP contribution in [-0.4, -0.2) is 28.9 Å². The normalized spacial score (nSPS) is 16.8. The zero-order chi connectivity index (χ0) is 13.0. The predicted octanol–water partition coefficient (Wildman–Crippen LogP) is 1.07. The molecule has 5 nitrogen and oxygen atoms in total. The molecule has 0 aliphatic carbocycles. The van der Waals surface area contributed by atoms with Crippen LogP contribution in [0, 0.1) is 5.92 Å². The van der Waals surface area contributed by atoms with Crippen LogP contribution in [0.5, 0.6) is 0 Å². The summed E-state index contributed by atoms with van der Waals surface area (Å²) in [5.41, 5.74) is -0.0242. The first-order valence-corrected chi connectivity index (χ1v) is 6.52. The second-order valence-corrected chi connectivity index (χ2v) is 4.71. The number of carbonyl (C=O) groups excluding carboxylic acids is 1. The smallest absolute Gasteiger partial charge is 0.293 e. The molecule has 0 unspecified atom stereocenters. The second-order valence-electron chi connectivity index (χ2n) is 4.71. The molecule has 0 saturated carbocycles. The number of piperidine rings is 1. The number of aromatic nitrogens is 2. The lowest BCUT2D eigenvalue weighted by Gasteiger charge is -2.30. The maximum atomic E-state index is 12.2. The number of hydrogen-bond acceptors (Lipinski definition) is 4. The molecule has 1 aromatic heterocycles. The maximum Gasteiger partial charge on any atom is 0.293 e. The first-order valence-electron chi connectivity index (χ1n) is 6.52. The van der Waals surface area contributed by atoms with Crippen LogP contribution >= 0.6 is 0 Å². The molecule has 0 atom stereocenters. The fourth-order valence-corrected chi connectivity index (χ4v) is 2.32. The predicted molar refractivity (Wildman–Crippen MR) is 69.8 cm³/mol. The third-order valence-corrected chi connectivity index (χ3v) is 3.39. The van der Waals surface area contributed by atoms with Gasteiger partial charge in [0, 0.05) is 37.9 Å². The number of nitrogens with zero attached hydrogens (tertiary/aromatic N) is 3. The second kappa shape index (κ2) is 5.80. The van der Waals surface area contributed by atoms with Crippen LogP contribution in [0.15, 0.2) is 17.2 Å². The molecule has 1 aliphatic rings. The zero-order valence-electron chi connectivity index (χ0n) is 10.7. The number of hydrogen-bond donors (Lipinski definition) is 0. The van der Waals surface area contributed by atoms with E-state index in [2.05, 4.69) is 4.98 Å². The minimum atomic E-state index is -0.0242. The lowest BCUT2D eigenvalue weighted by Crippen LogP contribution is -2.39. The molecule has 1 saturated heterocycles. The summed E-state index contributed by atoms with van der Waals surface area (Å²) in [6, 6.07) is 0. The van der Waals surface area contributed by atoms with Gasteiger partial charge in [0.25, 0.3) is 5.56 Å². The molecule has 1 aromatic rings. The Balaban J connectivity index is 2.16. The van der Waals surface area contributed by atoms with Gasteiger partial charge in [-0.2, -0.15) is 0 Å². The zero-order valence-corrected chi connectivity index (χ0v) is 10.7. The van der Waals surface area contributed by atoms with Crippen LogP contribution in [-0.2, 0) is 11.3 Å². The Morgan fingerprint density at radius 3 is 2.78 bits per heavy atom. The SMILES string of the molecule is CCCn1ccnc(N2CCC(C=O)CC2)c1=O. The van der Waals surface area contributed by atoms with Crippen LogP contribution < -0.4 is 10.5 Å². The summed E-state index contributed by atoms with van der Waals surface area (Å²) in [6.07, 6.45) is 6.98. The number of aryl methyl sites for hydroxylation is 1. The van der Waals surface area contributed by atoms with Crippen molar-refractivity contribution < 1.29 is 4.79 Å². The Morgan fingerprint density at radius 1 is 1.44 bits per heavy atom. The van der Waals surface area contributed by atoms with E-state index >= 15 is 0 Å². The summed E-state index contributed by atoms with van der Waals surface area (Å²) in [4.78, 5) is 29.1. The number of rotatable bonds is 4. The average Bonchev–Trinajstić information content (AvgIpc) is 2.42. The summed E-state index contributed by atoms with van der Waals surface area (Å²) < 4.78 is 1.70. The van der Waals surface area contributed by atoms with E-state index in [1.54, 1.807) is 17.0 Å². The maximum absolute atomic E-state index is 12.2. The van der Waals surface area contributed by atoms with Crippen molar-refractivity contribution in [3.8, 4) is 0 Å². The lowest BCUT2D eigenvalue weighted by molar-refractivity contribution is -0.111. The van der Waals surface area contributed by atoms with Gasteiger partial charge in [-0.1, -0.05) is 6.92 Å². The molecule has 2 heterocycles. The quantitative estimate of drug-likeness (QED) is 0.749. The molecule has 0 aromatic carbocycles. The number of aldehydes is 1. The van der Waals surface area contributed by atoms with E-state index in [-0.39, 0.29) is 11.5 Å². The summed E-state index contributed by atoms with van der Waals surface area (Å²) in [5, 5.41) is 0. The molecule has 1 aliphatic heterocycles. The monoisotopic (exact) mass is 249 g/mol. The molecule has 18 heavy (non-hydrogen) atoms. The molecule has 98 valence electrons. The van der Waals surface area contributed by atoms with Gasteiger partial charge in [0.2, 0.25) is 0 Å². The molecule has 0 amide bonds. The van der Waals surface area contributed by atoms with Gasteiger partial charge in [-0.25, -0.2) is 4.98 Å². The van der Waals surface area contributed by atoms with Gasteiger partial charge < -0.3 is 14.3 Å². The Kier molecular flexibility index (Phi) is 4.12. The molecule has 5 heteroatoms. The van der Waals surface area contributed by atoms with Crippen LogP contribution in [0.1, 0.15) is 26.2 Å². The largest absolute Gasteiger partial charge is 0.352 e. The minimum Gasteiger partial charge on any atom is -0.352 e. The minimum absolute atomic E-state index is 0.0242. The Morgan fingerprint density at radius 2 is 2.17 bits per heavy atom. The van der Waals surface area contributed by atoms with E-state index in [0.29, 0.717) is 5.82 Å². The molecular weight excluding hydrogens is 230 g/mol. The number of anilines is 1. The number of carbonyl (C=O) groups is 1. The summed E-state index contributed by atoms with van der Waals surface area (Å²) in [7, 11) is 0. The molecule has 0 bridgehead atoms. The summed E-state index contributed by atoms with van der Waals surface area (Å²) in [5.74, 6) is 0.665. The first-order chi connectivity index (χ1) is 8.76. The van der Waals surface area contributed by atoms with Crippen molar-refractivity contribution in [1.82, 2.24) is 9.55 Å². The highest BCUT2D eigenvalue weighted by molar-refractivity contribution is 5.54. The van der Waals surface area contributed by atoms with E-state index in [9.17, 15) is 9.59 Å². The van der Waals surface area contributed by atoms with Crippen molar-refractivity contribution in [2.45, 2.75) is 32.7 Å². The van der Waals surface area contributed by atoms with Gasteiger partial charge in [0.05, 0.1) is 0 Å². The highest BCUT2D eigenvalue weighted by atomic mass is 16.1. The van der Waals surface area contributed by atoms with E-state index in [0.717, 1.165) is 45.2 Å².